The van der Waals surface area contributed by atoms with Crippen LogP contribution in [-0.2, 0) is 6.42 Å². The highest BCUT2D eigenvalue weighted by atomic mass is 19.1. The van der Waals surface area contributed by atoms with E-state index in [9.17, 15) is 8.78 Å². The first-order valence-corrected chi connectivity index (χ1v) is 3.46. The molecule has 0 saturated heterocycles. The Morgan fingerprint density at radius 3 is 2.25 bits per heavy atom. The first kappa shape index (κ1) is 8.71. The van der Waals surface area contributed by atoms with Crippen LogP contribution in [0.2, 0.25) is 0 Å². The van der Waals surface area contributed by atoms with Crippen LogP contribution < -0.4 is 0 Å². The molecule has 0 bridgehead atoms. The molecule has 1 nitrogen and oxygen atoms in total. The molecule has 0 aliphatic carbocycles. The second-order valence-electron chi connectivity index (χ2n) is 2.37. The molecule has 0 atom stereocenters. The maximum absolute atomic E-state index is 12.5. The lowest BCUT2D eigenvalue weighted by Gasteiger charge is -1.96. The van der Waals surface area contributed by atoms with Gasteiger partial charge in [0.2, 0.25) is 0 Å². The van der Waals surface area contributed by atoms with Gasteiger partial charge < -0.3 is 5.11 Å². The van der Waals surface area contributed by atoms with Gasteiger partial charge in [0.05, 0.1) is 6.26 Å². The normalized spacial score (nSPS) is 10.8. The Bertz CT molecular complexity index is 274. The molecular formula is C9H8F2O. The molecule has 64 valence electrons. The van der Waals surface area contributed by atoms with E-state index in [1.165, 1.54) is 18.2 Å². The molecule has 3 heteroatoms. The van der Waals surface area contributed by atoms with Gasteiger partial charge in [0, 0.05) is 6.07 Å². The number of hydrogen-bond acceptors (Lipinski definition) is 1. The van der Waals surface area contributed by atoms with E-state index in [-0.39, 0.29) is 0 Å². The summed E-state index contributed by atoms with van der Waals surface area (Å²) in [6.45, 7) is 0. The van der Waals surface area contributed by atoms with Crippen molar-refractivity contribution in [2.75, 3.05) is 0 Å². The Morgan fingerprint density at radius 1 is 1.17 bits per heavy atom. The van der Waals surface area contributed by atoms with Crippen LogP contribution >= 0.6 is 0 Å². The second kappa shape index (κ2) is 3.85. The molecule has 0 heterocycles. The molecule has 1 rings (SSSR count). The van der Waals surface area contributed by atoms with Gasteiger partial charge in [-0.15, -0.1) is 0 Å². The van der Waals surface area contributed by atoms with Gasteiger partial charge in [-0.2, -0.15) is 0 Å². The van der Waals surface area contributed by atoms with Gasteiger partial charge in [-0.25, -0.2) is 8.78 Å². The van der Waals surface area contributed by atoms with E-state index in [4.69, 9.17) is 5.11 Å². The van der Waals surface area contributed by atoms with Crippen LogP contribution in [0.1, 0.15) is 5.56 Å². The summed E-state index contributed by atoms with van der Waals surface area (Å²) in [6.07, 6.45) is 2.59. The molecule has 1 aromatic rings. The van der Waals surface area contributed by atoms with Gasteiger partial charge in [-0.05, 0) is 30.2 Å². The zero-order valence-electron chi connectivity index (χ0n) is 6.30. The Labute approximate surface area is 69.0 Å². The van der Waals surface area contributed by atoms with Crippen molar-refractivity contribution < 1.29 is 13.9 Å². The topological polar surface area (TPSA) is 20.2 Å². The summed E-state index contributed by atoms with van der Waals surface area (Å²) in [6, 6.07) is 3.26. The molecule has 0 radical (unpaired) electrons. The minimum absolute atomic E-state index is 0.325. The van der Waals surface area contributed by atoms with E-state index in [0.717, 1.165) is 12.3 Å². The molecule has 1 aromatic carbocycles. The molecular weight excluding hydrogens is 162 g/mol. The molecule has 0 aliphatic rings. The summed E-state index contributed by atoms with van der Waals surface area (Å²) >= 11 is 0. The lowest BCUT2D eigenvalue weighted by molar-refractivity contribution is 0.471. The molecule has 0 aliphatic heterocycles. The predicted molar refractivity (Wildman–Crippen MR) is 41.8 cm³/mol. The van der Waals surface area contributed by atoms with E-state index in [0.29, 0.717) is 12.0 Å². The smallest absolute Gasteiger partial charge is 0.126 e. The van der Waals surface area contributed by atoms with E-state index in [2.05, 4.69) is 0 Å². The van der Waals surface area contributed by atoms with E-state index in [1.54, 1.807) is 0 Å². The Hall–Kier alpha value is -1.38. The number of halogens is 2. The predicted octanol–water partition coefficient (Wildman–Crippen LogP) is 2.58. The largest absolute Gasteiger partial charge is 0.516 e. The number of aliphatic hydroxyl groups excluding tert-OH is 1. The first-order chi connectivity index (χ1) is 5.72. The third-order valence-electron chi connectivity index (χ3n) is 1.38. The first-order valence-electron chi connectivity index (χ1n) is 3.46. The number of allylic oxidation sites excluding steroid dienone is 1. The molecule has 0 spiro atoms. The van der Waals surface area contributed by atoms with Gasteiger partial charge in [0.15, 0.2) is 0 Å². The number of rotatable bonds is 2. The van der Waals surface area contributed by atoms with Crippen molar-refractivity contribution in [3.8, 4) is 0 Å². The Balaban J connectivity index is 2.85. The van der Waals surface area contributed by atoms with Crippen LogP contribution in [0.25, 0.3) is 0 Å². The fourth-order valence-corrected chi connectivity index (χ4v) is 0.918. The summed E-state index contributed by atoms with van der Waals surface area (Å²) in [5.74, 6) is -1.20. The maximum Gasteiger partial charge on any atom is 0.126 e. The van der Waals surface area contributed by atoms with Crippen LogP contribution in [0.3, 0.4) is 0 Å². The Kier molecular flexibility index (Phi) is 2.80. The van der Waals surface area contributed by atoms with Crippen LogP contribution in [0, 0.1) is 11.6 Å². The summed E-state index contributed by atoms with van der Waals surface area (Å²) in [5, 5.41) is 8.30. The minimum Gasteiger partial charge on any atom is -0.516 e. The standard InChI is InChI=1S/C9H8F2O/c10-8-4-7(2-1-3-12)5-9(11)6-8/h1,3-6,12H,2H2/b3-1-. The lowest BCUT2D eigenvalue weighted by Crippen LogP contribution is -1.86. The van der Waals surface area contributed by atoms with Crippen LogP contribution in [-0.4, -0.2) is 5.11 Å². The Morgan fingerprint density at radius 2 is 1.75 bits per heavy atom. The zero-order chi connectivity index (χ0) is 8.97. The fraction of sp³-hybridized carbons (Fsp3) is 0.111. The SMILES string of the molecule is O/C=C\Cc1cc(F)cc(F)c1. The van der Waals surface area contributed by atoms with E-state index >= 15 is 0 Å². The van der Waals surface area contributed by atoms with Crippen molar-refractivity contribution in [2.24, 2.45) is 0 Å². The molecule has 0 saturated carbocycles. The molecule has 1 N–H and O–H groups in total. The highest BCUT2D eigenvalue weighted by molar-refractivity contribution is 5.19. The molecule has 0 unspecified atom stereocenters. The van der Waals surface area contributed by atoms with Crippen LogP contribution in [0.5, 0.6) is 0 Å². The molecule has 0 fully saturated rings. The quantitative estimate of drug-likeness (QED) is 0.676. The van der Waals surface area contributed by atoms with Crippen molar-refractivity contribution in [3.63, 3.8) is 0 Å². The minimum atomic E-state index is -0.601. The maximum atomic E-state index is 12.5. The average molecular weight is 170 g/mol. The van der Waals surface area contributed by atoms with Gasteiger partial charge in [0.25, 0.3) is 0 Å². The van der Waals surface area contributed by atoms with Gasteiger partial charge in [0.1, 0.15) is 11.6 Å². The molecule has 0 amide bonds. The van der Waals surface area contributed by atoms with Crippen molar-refractivity contribution in [2.45, 2.75) is 6.42 Å². The number of benzene rings is 1. The zero-order valence-corrected chi connectivity index (χ0v) is 6.30. The van der Waals surface area contributed by atoms with Gasteiger partial charge in [-0.3, -0.25) is 0 Å². The van der Waals surface area contributed by atoms with Crippen LogP contribution in [0.4, 0.5) is 8.78 Å². The van der Waals surface area contributed by atoms with Crippen molar-refractivity contribution in [3.05, 3.63) is 47.7 Å². The summed E-state index contributed by atoms with van der Waals surface area (Å²) in [4.78, 5) is 0. The monoisotopic (exact) mass is 170 g/mol. The highest BCUT2D eigenvalue weighted by Gasteiger charge is 1.97. The highest BCUT2D eigenvalue weighted by Crippen LogP contribution is 2.08. The van der Waals surface area contributed by atoms with Crippen molar-refractivity contribution in [1.82, 2.24) is 0 Å². The average Bonchev–Trinajstić information content (AvgIpc) is 1.99. The van der Waals surface area contributed by atoms with Gasteiger partial charge >= 0.3 is 0 Å². The summed E-state index contributed by atoms with van der Waals surface area (Å²) in [7, 11) is 0. The lowest BCUT2D eigenvalue weighted by atomic mass is 10.1. The third kappa shape index (κ3) is 2.34. The fourth-order valence-electron chi connectivity index (χ4n) is 0.918. The third-order valence-corrected chi connectivity index (χ3v) is 1.38. The van der Waals surface area contributed by atoms with Crippen molar-refractivity contribution >= 4 is 0 Å². The van der Waals surface area contributed by atoms with Gasteiger partial charge in [-0.1, -0.05) is 0 Å². The number of hydrogen-bond donors (Lipinski definition) is 1. The summed E-state index contributed by atoms with van der Waals surface area (Å²) in [5.41, 5.74) is 0.498. The van der Waals surface area contributed by atoms with Crippen molar-refractivity contribution in [1.29, 1.82) is 0 Å². The van der Waals surface area contributed by atoms with E-state index in [1.807, 2.05) is 0 Å². The second-order valence-corrected chi connectivity index (χ2v) is 2.37. The summed E-state index contributed by atoms with van der Waals surface area (Å²) < 4.78 is 25.1. The van der Waals surface area contributed by atoms with E-state index < -0.39 is 11.6 Å². The van der Waals surface area contributed by atoms with Crippen LogP contribution in [0.15, 0.2) is 30.5 Å². The molecule has 12 heavy (non-hydrogen) atoms. The number of aliphatic hydroxyl groups is 1. The molecule has 0 aromatic heterocycles.